The molecule has 0 saturated carbocycles. The Kier molecular flexibility index (Phi) is 4.11. The van der Waals surface area contributed by atoms with E-state index in [2.05, 4.69) is 9.52 Å². The first kappa shape index (κ1) is 15.2. The normalized spacial score (nSPS) is 11.7. The number of hydrazone groups is 1. The summed E-state index contributed by atoms with van der Waals surface area (Å²) in [6, 6.07) is -0.495. The minimum Gasteiger partial charge on any atom is -0.502 e. The fourth-order valence-corrected chi connectivity index (χ4v) is 1.64. The molecule has 0 atom stereocenters. The summed E-state index contributed by atoms with van der Waals surface area (Å²) in [6.45, 7) is 0. The molecule has 14 heteroatoms. The van der Waals surface area contributed by atoms with Gasteiger partial charge in [0.25, 0.3) is 11.6 Å². The lowest BCUT2D eigenvalue weighted by atomic mass is 10.1. The number of nitro groups is 3. The first-order chi connectivity index (χ1) is 13.0. The topological polar surface area (TPSA) is 204 Å². The van der Waals surface area contributed by atoms with E-state index in [9.17, 15) is 40.2 Å². The summed E-state index contributed by atoms with van der Waals surface area (Å²) in [5, 5.41) is 45.4. The van der Waals surface area contributed by atoms with Crippen LogP contribution >= 0.6 is 0 Å². The number of phenolic OH excluding ortho intramolecular Hbond substituents is 1. The largest absolute Gasteiger partial charge is 0.502 e. The molecule has 0 aliphatic heterocycles. The van der Waals surface area contributed by atoms with Gasteiger partial charge in [0.15, 0.2) is 5.76 Å². The van der Waals surface area contributed by atoms with Crippen molar-refractivity contribution in [1.82, 2.24) is 5.43 Å². The molecule has 134 valence electrons. The van der Waals surface area contributed by atoms with Crippen LogP contribution in [0.1, 0.15) is 18.9 Å². The van der Waals surface area contributed by atoms with Crippen molar-refractivity contribution in [1.29, 1.82) is 0 Å². The number of rotatable bonds is 6. The number of furan rings is 1. The Labute approximate surface area is 144 Å². The number of amides is 1. The third-order valence-electron chi connectivity index (χ3n) is 2.74. The van der Waals surface area contributed by atoms with Gasteiger partial charge in [-0.15, -0.1) is 0 Å². The predicted molar refractivity (Wildman–Crippen MR) is 81.8 cm³/mol. The molecule has 1 aromatic carbocycles. The van der Waals surface area contributed by atoms with Gasteiger partial charge in [0.05, 0.1) is 36.5 Å². The molecule has 0 bridgehead atoms. The van der Waals surface area contributed by atoms with Gasteiger partial charge in [-0.2, -0.15) is 5.10 Å². The zero-order valence-electron chi connectivity index (χ0n) is 14.2. The predicted octanol–water partition coefficient (Wildman–Crippen LogP) is 1.47. The van der Waals surface area contributed by atoms with Crippen molar-refractivity contribution in [3.63, 3.8) is 0 Å². The number of benzene rings is 1. The lowest BCUT2D eigenvalue weighted by Gasteiger charge is -2.03. The molecule has 0 aliphatic carbocycles. The maximum atomic E-state index is 12.0. The number of aromatic hydroxyl groups is 1. The summed E-state index contributed by atoms with van der Waals surface area (Å²) in [7, 11) is 0. The molecule has 0 saturated heterocycles. The molecular formula is C12H7N5O9. The Morgan fingerprint density at radius 1 is 1.19 bits per heavy atom. The minimum atomic E-state index is -1.29. The smallest absolute Gasteiger partial charge is 0.433 e. The first-order valence-corrected chi connectivity index (χ1v) is 6.28. The maximum absolute atomic E-state index is 12.0. The maximum Gasteiger partial charge on any atom is 0.433 e. The van der Waals surface area contributed by atoms with E-state index in [0.29, 0.717) is 18.3 Å². The van der Waals surface area contributed by atoms with Gasteiger partial charge in [0, 0.05) is 6.07 Å². The Morgan fingerprint density at radius 2 is 1.88 bits per heavy atom. The van der Waals surface area contributed by atoms with Crippen LogP contribution in [0, 0.1) is 30.3 Å². The number of hydrogen-bond acceptors (Lipinski definition) is 10. The van der Waals surface area contributed by atoms with Gasteiger partial charge < -0.3 is 9.52 Å². The van der Waals surface area contributed by atoms with Gasteiger partial charge in [-0.25, -0.2) is 5.43 Å². The SMILES string of the molecule is [2H]c1c(C=[15N][15NH]C(=O)c2cc([N+](=O)[O-])cc([N+](=O)[O-])c2O)oc([N+](=O)[O-])c1[2H]. The van der Waals surface area contributed by atoms with E-state index < -0.39 is 67.1 Å². The highest BCUT2D eigenvalue weighted by molar-refractivity contribution is 5.99. The average molecular weight is 369 g/mol. The highest BCUT2D eigenvalue weighted by Crippen LogP contribution is 2.34. The van der Waals surface area contributed by atoms with E-state index in [1.165, 1.54) is 0 Å². The molecular weight excluding hydrogens is 360 g/mol. The molecule has 2 rings (SSSR count). The second kappa shape index (κ2) is 7.04. The van der Waals surface area contributed by atoms with Gasteiger partial charge in [0.2, 0.25) is 5.75 Å². The van der Waals surface area contributed by atoms with Crippen molar-refractivity contribution in [3.8, 4) is 5.75 Å². The summed E-state index contributed by atoms with van der Waals surface area (Å²) < 4.78 is 19.4. The molecule has 14 nitrogen and oxygen atoms in total. The Hall–Kier alpha value is -4.36. The first-order valence-electron chi connectivity index (χ1n) is 7.28. The van der Waals surface area contributed by atoms with Crippen LogP contribution in [-0.2, 0) is 0 Å². The highest BCUT2D eigenvalue weighted by atomic mass is 16.7. The third-order valence-corrected chi connectivity index (χ3v) is 2.74. The van der Waals surface area contributed by atoms with E-state index >= 15 is 0 Å². The summed E-state index contributed by atoms with van der Waals surface area (Å²) in [4.78, 5) is 41.1. The van der Waals surface area contributed by atoms with Crippen molar-refractivity contribution >= 4 is 29.4 Å². The molecule has 2 N–H and O–H groups in total. The monoisotopic (exact) mass is 369 g/mol. The molecule has 0 fully saturated rings. The zero-order valence-corrected chi connectivity index (χ0v) is 12.2. The van der Waals surface area contributed by atoms with Crippen LogP contribution in [0.4, 0.5) is 17.3 Å². The molecule has 1 aromatic heterocycles. The Morgan fingerprint density at radius 3 is 2.42 bits per heavy atom. The summed E-state index contributed by atoms with van der Waals surface area (Å²) in [5.41, 5.74) is -1.01. The van der Waals surface area contributed by atoms with E-state index in [1.807, 2.05) is 0 Å². The number of carbonyl (C=O) groups excluding carboxylic acids is 1. The summed E-state index contributed by atoms with van der Waals surface area (Å²) >= 11 is 0. The van der Waals surface area contributed by atoms with Crippen LogP contribution in [0.2, 0.25) is 0 Å². The van der Waals surface area contributed by atoms with Crippen LogP contribution in [-0.4, -0.2) is 32.0 Å². The Balaban J connectivity index is 2.32. The standard InChI is InChI=1S/C12H7N5O9/c18-11-8(3-6(15(20)21)4-9(11)16(22)23)12(19)14-13-5-7-1-2-10(26-7)17(24)25/h1-5,18H,(H,14,19)/i1D,2D,13+1,14+1. The minimum absolute atomic E-state index is 0.458. The third kappa shape index (κ3) is 3.75. The molecule has 0 unspecified atom stereocenters. The van der Waals surface area contributed by atoms with Crippen LogP contribution < -0.4 is 5.43 Å². The highest BCUT2D eigenvalue weighted by Gasteiger charge is 2.27. The van der Waals surface area contributed by atoms with E-state index in [-0.39, 0.29) is 0 Å². The molecule has 0 aliphatic rings. The number of nitrogens with one attached hydrogen (secondary N) is 1. The summed E-state index contributed by atoms with van der Waals surface area (Å²) in [6.07, 6.45) is 0.633. The number of nitro benzene ring substituents is 2. The molecule has 1 amide bonds. The second-order valence-corrected chi connectivity index (χ2v) is 4.35. The molecule has 1 heterocycles. The lowest BCUT2D eigenvalue weighted by molar-refractivity contribution is -0.402. The van der Waals surface area contributed by atoms with Crippen LogP contribution in [0.25, 0.3) is 0 Å². The fourth-order valence-electron chi connectivity index (χ4n) is 1.64. The number of phenols is 1. The number of hydrogen-bond donors (Lipinski definition) is 2. The van der Waals surface area contributed by atoms with Crippen molar-refractivity contribution in [2.45, 2.75) is 0 Å². The average Bonchev–Trinajstić information content (AvgIpc) is 2.90. The van der Waals surface area contributed by atoms with E-state index in [1.54, 1.807) is 5.43 Å². The molecule has 0 radical (unpaired) electrons. The van der Waals surface area contributed by atoms with E-state index in [0.717, 1.165) is 0 Å². The van der Waals surface area contributed by atoms with Crippen molar-refractivity contribution in [2.24, 2.45) is 5.10 Å². The van der Waals surface area contributed by atoms with Gasteiger partial charge in [-0.05, 0) is 6.04 Å². The van der Waals surface area contributed by atoms with Gasteiger partial charge >= 0.3 is 11.6 Å². The van der Waals surface area contributed by atoms with Gasteiger partial charge in [-0.3, -0.25) is 35.1 Å². The van der Waals surface area contributed by atoms with Crippen LogP contribution in [0.15, 0.2) is 33.7 Å². The molecule has 26 heavy (non-hydrogen) atoms. The quantitative estimate of drug-likeness (QED) is 0.327. The van der Waals surface area contributed by atoms with Gasteiger partial charge in [-0.1, -0.05) is 0 Å². The molecule has 2 aromatic rings. The fraction of sp³-hybridized carbons (Fsp3) is 0. The number of non-ortho nitro benzene ring substituents is 1. The van der Waals surface area contributed by atoms with Crippen molar-refractivity contribution < 1.29 is 31.8 Å². The lowest BCUT2D eigenvalue weighted by Crippen LogP contribution is -2.18. The summed E-state index contributed by atoms with van der Waals surface area (Å²) in [5.74, 6) is -4.01. The number of nitrogens with zero attached hydrogens (tertiary/aromatic N) is 4. The van der Waals surface area contributed by atoms with Crippen molar-refractivity contribution in [3.05, 3.63) is 65.9 Å². The van der Waals surface area contributed by atoms with Gasteiger partial charge in [0.1, 0.15) is 4.92 Å². The second-order valence-electron chi connectivity index (χ2n) is 4.35. The molecule has 0 spiro atoms. The van der Waals surface area contributed by atoms with E-state index in [4.69, 9.17) is 2.74 Å². The zero-order chi connectivity index (χ0) is 21.2. The van der Waals surface area contributed by atoms with Crippen LogP contribution in [0.5, 0.6) is 5.75 Å². The van der Waals surface area contributed by atoms with Crippen LogP contribution in [0.3, 0.4) is 0 Å². The van der Waals surface area contributed by atoms with Crippen molar-refractivity contribution in [2.75, 3.05) is 0 Å². The Bertz CT molecular complexity index is 1050. The number of carbonyl (C=O) groups is 1.